The summed E-state index contributed by atoms with van der Waals surface area (Å²) >= 11 is 0. The summed E-state index contributed by atoms with van der Waals surface area (Å²) in [4.78, 5) is 25.6. The fourth-order valence-electron chi connectivity index (χ4n) is 2.73. The zero-order valence-electron chi connectivity index (χ0n) is 12.4. The molecule has 2 amide bonds. The third-order valence-corrected chi connectivity index (χ3v) is 3.91. The minimum absolute atomic E-state index is 0.00542. The number of fused-ring (bicyclic) bond motifs is 1. The lowest BCUT2D eigenvalue weighted by Gasteiger charge is -2.14. The van der Waals surface area contributed by atoms with Crippen LogP contribution in [0.1, 0.15) is 12.8 Å². The Balaban J connectivity index is 1.78. The molecule has 2 aromatic rings. The smallest absolute Gasteiger partial charge is 0.229 e. The van der Waals surface area contributed by atoms with Gasteiger partial charge in [0, 0.05) is 26.1 Å². The van der Waals surface area contributed by atoms with Gasteiger partial charge in [-0.3, -0.25) is 19.6 Å². The van der Waals surface area contributed by atoms with Crippen molar-refractivity contribution in [1.29, 1.82) is 0 Å². The van der Waals surface area contributed by atoms with Gasteiger partial charge < -0.3 is 10.4 Å². The second-order valence-corrected chi connectivity index (χ2v) is 5.48. The van der Waals surface area contributed by atoms with Crippen LogP contribution in [0.2, 0.25) is 0 Å². The summed E-state index contributed by atoms with van der Waals surface area (Å²) in [6.07, 6.45) is 0.527. The van der Waals surface area contributed by atoms with Gasteiger partial charge in [0.2, 0.25) is 11.8 Å². The number of nitrogens with one attached hydrogen (secondary N) is 2. The molecule has 0 aliphatic carbocycles. The van der Waals surface area contributed by atoms with Gasteiger partial charge in [-0.2, -0.15) is 5.10 Å². The summed E-state index contributed by atoms with van der Waals surface area (Å²) in [5.74, 6) is -1.25. The summed E-state index contributed by atoms with van der Waals surface area (Å²) in [7, 11) is 0. The molecule has 1 fully saturated rings. The molecule has 1 aliphatic rings. The highest BCUT2D eigenvalue weighted by Crippen LogP contribution is 2.31. The van der Waals surface area contributed by atoms with Crippen molar-refractivity contribution in [1.82, 2.24) is 15.5 Å². The van der Waals surface area contributed by atoms with E-state index in [0.717, 1.165) is 0 Å². The third-order valence-electron chi connectivity index (χ3n) is 3.91. The van der Waals surface area contributed by atoms with Crippen LogP contribution in [0.15, 0.2) is 18.2 Å². The maximum absolute atomic E-state index is 14.0. The zero-order valence-corrected chi connectivity index (χ0v) is 12.4. The number of carbonyl (C=O) groups is 2. The van der Waals surface area contributed by atoms with Gasteiger partial charge in [-0.25, -0.2) is 4.39 Å². The number of hydrogen-bond acceptors (Lipinski definition) is 4. The molecule has 8 heteroatoms. The zero-order chi connectivity index (χ0) is 16.4. The largest absolute Gasteiger partial charge is 0.396 e. The van der Waals surface area contributed by atoms with E-state index >= 15 is 0 Å². The molecular weight excluding hydrogens is 303 g/mol. The van der Waals surface area contributed by atoms with Crippen LogP contribution in [0.4, 0.5) is 10.2 Å². The van der Waals surface area contributed by atoms with Crippen LogP contribution in [-0.4, -0.2) is 46.8 Å². The second kappa shape index (κ2) is 6.33. The lowest BCUT2D eigenvalue weighted by atomic mass is 10.1. The SMILES string of the molecule is O=C(NCCCO)[C@H]1CC(=O)N(c2n[nH]c3cccc(F)c23)C1. The molecule has 23 heavy (non-hydrogen) atoms. The van der Waals surface area contributed by atoms with Gasteiger partial charge in [-0.05, 0) is 18.6 Å². The summed E-state index contributed by atoms with van der Waals surface area (Å²) in [5, 5.41) is 18.4. The molecule has 122 valence electrons. The number of anilines is 1. The van der Waals surface area contributed by atoms with Crippen LogP contribution >= 0.6 is 0 Å². The number of aromatic amines is 1. The van der Waals surface area contributed by atoms with E-state index in [2.05, 4.69) is 15.5 Å². The fourth-order valence-corrected chi connectivity index (χ4v) is 2.73. The maximum Gasteiger partial charge on any atom is 0.229 e. The Kier molecular flexibility index (Phi) is 4.24. The highest BCUT2D eigenvalue weighted by molar-refractivity contribution is 6.05. The first-order chi connectivity index (χ1) is 11.1. The molecule has 2 heterocycles. The second-order valence-electron chi connectivity index (χ2n) is 5.48. The van der Waals surface area contributed by atoms with Gasteiger partial charge in [0.1, 0.15) is 5.82 Å². The number of rotatable bonds is 5. The molecule has 0 unspecified atom stereocenters. The Morgan fingerprint density at radius 3 is 3.13 bits per heavy atom. The minimum atomic E-state index is -0.500. The first kappa shape index (κ1) is 15.4. The number of amides is 2. The Morgan fingerprint density at radius 2 is 2.35 bits per heavy atom. The standard InChI is InChI=1S/C15H17FN4O3/c16-10-3-1-4-11-13(10)14(19-18-11)20-8-9(7-12(20)22)15(23)17-5-2-6-21/h1,3-4,9,21H,2,5-8H2,(H,17,23)(H,18,19)/t9-/m0/s1. The van der Waals surface area contributed by atoms with Crippen molar-refractivity contribution in [3.8, 4) is 0 Å². The number of aliphatic hydroxyl groups is 1. The summed E-state index contributed by atoms with van der Waals surface area (Å²) in [6.45, 7) is 0.520. The predicted octanol–water partition coefficient (Wildman–Crippen LogP) is 0.553. The number of halogens is 1. The average Bonchev–Trinajstić information content (AvgIpc) is 3.11. The van der Waals surface area contributed by atoms with Crippen LogP contribution in [-0.2, 0) is 9.59 Å². The van der Waals surface area contributed by atoms with Crippen LogP contribution in [0, 0.1) is 11.7 Å². The van der Waals surface area contributed by atoms with Gasteiger partial charge in [0.05, 0.1) is 16.8 Å². The number of benzene rings is 1. The van der Waals surface area contributed by atoms with E-state index in [9.17, 15) is 14.0 Å². The number of hydrogen-bond donors (Lipinski definition) is 3. The molecular formula is C15H17FN4O3. The lowest BCUT2D eigenvalue weighted by molar-refractivity contribution is -0.126. The van der Waals surface area contributed by atoms with Gasteiger partial charge in [-0.1, -0.05) is 6.07 Å². The van der Waals surface area contributed by atoms with Gasteiger partial charge >= 0.3 is 0 Å². The predicted molar refractivity (Wildman–Crippen MR) is 81.2 cm³/mol. The van der Waals surface area contributed by atoms with Crippen molar-refractivity contribution >= 4 is 28.5 Å². The van der Waals surface area contributed by atoms with Gasteiger partial charge in [0.25, 0.3) is 0 Å². The van der Waals surface area contributed by atoms with Crippen molar-refractivity contribution in [2.75, 3.05) is 24.6 Å². The fraction of sp³-hybridized carbons (Fsp3) is 0.400. The van der Waals surface area contributed by atoms with E-state index in [1.165, 1.54) is 11.0 Å². The molecule has 1 aromatic heterocycles. The van der Waals surface area contributed by atoms with E-state index in [4.69, 9.17) is 5.11 Å². The van der Waals surface area contributed by atoms with Crippen molar-refractivity contribution in [2.24, 2.45) is 5.92 Å². The first-order valence-corrected chi connectivity index (χ1v) is 7.43. The average molecular weight is 320 g/mol. The van der Waals surface area contributed by atoms with Crippen molar-refractivity contribution < 1.29 is 19.1 Å². The molecule has 0 saturated carbocycles. The van der Waals surface area contributed by atoms with Crippen molar-refractivity contribution in [3.63, 3.8) is 0 Å². The molecule has 1 saturated heterocycles. The third kappa shape index (κ3) is 2.89. The van der Waals surface area contributed by atoms with Crippen LogP contribution < -0.4 is 10.2 Å². The number of aromatic nitrogens is 2. The molecule has 0 radical (unpaired) electrons. The van der Waals surface area contributed by atoms with Crippen molar-refractivity contribution in [2.45, 2.75) is 12.8 Å². The molecule has 1 aliphatic heterocycles. The van der Waals surface area contributed by atoms with E-state index in [-0.39, 0.29) is 42.6 Å². The number of nitrogens with zero attached hydrogens (tertiary/aromatic N) is 2. The monoisotopic (exact) mass is 320 g/mol. The summed E-state index contributed by atoms with van der Waals surface area (Å²) in [6, 6.07) is 4.54. The van der Waals surface area contributed by atoms with Crippen LogP contribution in [0.5, 0.6) is 0 Å². The maximum atomic E-state index is 14.0. The Bertz CT molecular complexity index is 745. The molecule has 0 bridgehead atoms. The number of aliphatic hydroxyl groups excluding tert-OH is 1. The lowest BCUT2D eigenvalue weighted by Crippen LogP contribution is -2.33. The Morgan fingerprint density at radius 1 is 1.52 bits per heavy atom. The minimum Gasteiger partial charge on any atom is -0.396 e. The molecule has 3 rings (SSSR count). The molecule has 1 atom stereocenters. The first-order valence-electron chi connectivity index (χ1n) is 7.43. The Labute approximate surface area is 131 Å². The molecule has 3 N–H and O–H groups in total. The highest BCUT2D eigenvalue weighted by atomic mass is 19.1. The van der Waals surface area contributed by atoms with Crippen molar-refractivity contribution in [3.05, 3.63) is 24.0 Å². The van der Waals surface area contributed by atoms with E-state index in [1.807, 2.05) is 0 Å². The van der Waals surface area contributed by atoms with E-state index in [1.54, 1.807) is 12.1 Å². The molecule has 1 aromatic carbocycles. The number of carbonyl (C=O) groups excluding carboxylic acids is 2. The Hall–Kier alpha value is -2.48. The summed E-state index contributed by atoms with van der Waals surface area (Å²) < 4.78 is 14.0. The quantitative estimate of drug-likeness (QED) is 0.701. The topological polar surface area (TPSA) is 98.3 Å². The van der Waals surface area contributed by atoms with Crippen LogP contribution in [0.3, 0.4) is 0 Å². The summed E-state index contributed by atoms with van der Waals surface area (Å²) in [5.41, 5.74) is 0.503. The van der Waals surface area contributed by atoms with E-state index in [0.29, 0.717) is 18.5 Å². The van der Waals surface area contributed by atoms with Gasteiger partial charge in [0.15, 0.2) is 5.82 Å². The molecule has 0 spiro atoms. The molecule has 7 nitrogen and oxygen atoms in total. The normalized spacial score (nSPS) is 17.9. The highest BCUT2D eigenvalue weighted by Gasteiger charge is 2.37. The number of H-pyrrole nitrogens is 1. The van der Waals surface area contributed by atoms with E-state index < -0.39 is 11.7 Å². The van der Waals surface area contributed by atoms with Gasteiger partial charge in [-0.15, -0.1) is 0 Å². The van der Waals surface area contributed by atoms with Crippen LogP contribution in [0.25, 0.3) is 10.9 Å².